The van der Waals surface area contributed by atoms with Crippen LogP contribution in [-0.2, 0) is 28.2 Å². The average molecular weight is 878 g/mol. The predicted octanol–water partition coefficient (Wildman–Crippen LogP) is 8.77. The van der Waals surface area contributed by atoms with Crippen LogP contribution >= 0.6 is 15.9 Å². The predicted molar refractivity (Wildman–Crippen MR) is 235 cm³/mol. The molecule has 1 aromatic heterocycles. The number of hydrogen-bond donors (Lipinski definition) is 0. The molecule has 314 valence electrons. The number of aromatic nitrogens is 2. The molecule has 0 aliphatic carbocycles. The first kappa shape index (κ1) is 40.8. The third-order valence-corrected chi connectivity index (χ3v) is 13.4. The normalized spacial score (nSPS) is 20.4. The summed E-state index contributed by atoms with van der Waals surface area (Å²) in [4.78, 5) is 32.2. The second-order valence-corrected chi connectivity index (χ2v) is 18.6. The molecule has 60 heavy (non-hydrogen) atoms. The Labute approximate surface area is 360 Å². The van der Waals surface area contributed by atoms with Gasteiger partial charge in [-0.05, 0) is 71.8 Å². The largest absolute Gasteiger partial charge is 0.463 e. The minimum absolute atomic E-state index is 0.00565. The van der Waals surface area contributed by atoms with Gasteiger partial charge in [-0.3, -0.25) is 4.90 Å². The summed E-state index contributed by atoms with van der Waals surface area (Å²) in [7, 11) is 0. The summed E-state index contributed by atoms with van der Waals surface area (Å²) in [6.07, 6.45) is 1.46. The number of nitrogens with zero attached hydrogens (tertiary/aromatic N) is 6. The summed E-state index contributed by atoms with van der Waals surface area (Å²) < 4.78 is 34.7. The molecule has 4 aliphatic rings. The van der Waals surface area contributed by atoms with E-state index in [1.165, 1.54) is 16.7 Å². The van der Waals surface area contributed by atoms with Crippen LogP contribution in [0.3, 0.4) is 0 Å². The third kappa shape index (κ3) is 7.65. The average Bonchev–Trinajstić information content (AvgIpc) is 3.85. The van der Waals surface area contributed by atoms with E-state index in [-0.39, 0.29) is 35.6 Å². The van der Waals surface area contributed by atoms with Crippen LogP contribution in [0.5, 0.6) is 6.01 Å². The molecular formula is C48H54BrFN6O4. The van der Waals surface area contributed by atoms with E-state index >= 15 is 4.39 Å². The Balaban J connectivity index is 0.936. The Kier molecular flexibility index (Phi) is 11.3. The van der Waals surface area contributed by atoms with Crippen LogP contribution < -0.4 is 9.64 Å². The lowest BCUT2D eigenvalue weighted by atomic mass is 9.75. The van der Waals surface area contributed by atoms with Crippen LogP contribution in [0.25, 0.3) is 10.9 Å². The first-order chi connectivity index (χ1) is 29.0. The fourth-order valence-electron chi connectivity index (χ4n) is 9.99. The van der Waals surface area contributed by atoms with E-state index in [0.29, 0.717) is 48.6 Å². The summed E-state index contributed by atoms with van der Waals surface area (Å²) in [6.45, 7) is 14.3. The number of carbonyl (C=O) groups excluding carboxylic acids is 1. The molecular weight excluding hydrogens is 823 g/mol. The maximum atomic E-state index is 16.3. The Morgan fingerprint density at radius 2 is 1.38 bits per heavy atom. The zero-order valence-corrected chi connectivity index (χ0v) is 36.5. The number of piperazine rings is 2. The molecule has 1 amide bonds. The van der Waals surface area contributed by atoms with Crippen molar-refractivity contribution in [3.05, 3.63) is 129 Å². The fourth-order valence-corrected chi connectivity index (χ4v) is 10.5. The van der Waals surface area contributed by atoms with E-state index in [1.54, 1.807) is 0 Å². The molecule has 2 bridgehead atoms. The van der Waals surface area contributed by atoms with Gasteiger partial charge in [-0.2, -0.15) is 9.97 Å². The van der Waals surface area contributed by atoms with E-state index < -0.39 is 17.0 Å². The number of halogens is 2. The van der Waals surface area contributed by atoms with Gasteiger partial charge in [0.15, 0.2) is 5.82 Å². The van der Waals surface area contributed by atoms with Gasteiger partial charge in [0.05, 0.1) is 35.2 Å². The van der Waals surface area contributed by atoms with Crippen molar-refractivity contribution in [3.63, 3.8) is 0 Å². The topological polar surface area (TPSA) is 83.5 Å². The van der Waals surface area contributed by atoms with Crippen molar-refractivity contribution >= 4 is 38.7 Å². The van der Waals surface area contributed by atoms with E-state index in [0.717, 1.165) is 56.7 Å². The highest BCUT2D eigenvalue weighted by Crippen LogP contribution is 2.45. The molecule has 5 heterocycles. The van der Waals surface area contributed by atoms with Gasteiger partial charge in [-0.15, -0.1) is 0 Å². The Morgan fingerprint density at radius 1 is 0.833 bits per heavy atom. The summed E-state index contributed by atoms with van der Waals surface area (Å²) in [6, 6.07) is 32.8. The Morgan fingerprint density at radius 3 is 1.93 bits per heavy atom. The lowest BCUT2D eigenvalue weighted by Gasteiger charge is -2.49. The number of hydrogen-bond acceptors (Lipinski definition) is 9. The van der Waals surface area contributed by atoms with Crippen molar-refractivity contribution in [2.24, 2.45) is 5.92 Å². The van der Waals surface area contributed by atoms with Crippen LogP contribution in [0.4, 0.5) is 15.0 Å². The van der Waals surface area contributed by atoms with Crippen LogP contribution in [0, 0.1) is 11.7 Å². The molecule has 9 rings (SSSR count). The van der Waals surface area contributed by atoms with Crippen molar-refractivity contribution < 1.29 is 23.4 Å². The van der Waals surface area contributed by atoms with Crippen molar-refractivity contribution in [1.29, 1.82) is 0 Å². The van der Waals surface area contributed by atoms with E-state index in [1.807, 2.05) is 25.7 Å². The van der Waals surface area contributed by atoms with Crippen molar-refractivity contribution in [2.75, 3.05) is 57.3 Å². The van der Waals surface area contributed by atoms with Crippen LogP contribution in [0.1, 0.15) is 68.4 Å². The standard InChI is InChI=1S/C48H54BrFN6O4/c1-32(26-53-22-24-55(25-23-53)48(33-14-8-5-9-15-33,34-16-10-6-11-17-34)35-18-12-7-13-19-35)29-59-45-51-43-40(38-30-58-31-39(38)41(49)42(43)50)44(52-45)56-36-20-21-37(56)28-54(27-36)46(57)60-47(2,3)4/h5-19,32,36-37H,20-31H2,1-4H3/t32-,36?,37?/m1/s1. The molecule has 3 saturated heterocycles. The molecule has 0 saturated carbocycles. The minimum Gasteiger partial charge on any atom is -0.463 e. The zero-order chi connectivity index (χ0) is 41.6. The summed E-state index contributed by atoms with van der Waals surface area (Å²) in [5, 5.41) is 0.668. The molecule has 4 aromatic carbocycles. The van der Waals surface area contributed by atoms with Crippen LogP contribution in [0.15, 0.2) is 95.5 Å². The highest BCUT2D eigenvalue weighted by atomic mass is 79.9. The number of rotatable bonds is 10. The number of ether oxygens (including phenoxy) is 3. The fraction of sp³-hybridized carbons (Fsp3) is 0.438. The molecule has 2 unspecified atom stereocenters. The van der Waals surface area contributed by atoms with Crippen LogP contribution in [0.2, 0.25) is 0 Å². The van der Waals surface area contributed by atoms with E-state index in [9.17, 15) is 4.79 Å². The van der Waals surface area contributed by atoms with Gasteiger partial charge in [-0.25, -0.2) is 9.18 Å². The molecule has 12 heteroatoms. The molecule has 0 spiro atoms. The molecule has 3 atom stereocenters. The van der Waals surface area contributed by atoms with Crippen LogP contribution in [-0.4, -0.2) is 101 Å². The summed E-state index contributed by atoms with van der Waals surface area (Å²) in [5.41, 5.74) is 4.66. The van der Waals surface area contributed by atoms with Crippen molar-refractivity contribution in [1.82, 2.24) is 24.7 Å². The summed E-state index contributed by atoms with van der Waals surface area (Å²) >= 11 is 3.52. The van der Waals surface area contributed by atoms with Gasteiger partial charge in [0.25, 0.3) is 0 Å². The van der Waals surface area contributed by atoms with Gasteiger partial charge < -0.3 is 28.9 Å². The number of carbonyl (C=O) groups is 1. The molecule has 0 radical (unpaired) electrons. The number of likely N-dealkylation sites (tertiary alicyclic amines) is 1. The smallest absolute Gasteiger partial charge is 0.410 e. The summed E-state index contributed by atoms with van der Waals surface area (Å²) in [5.74, 6) is 0.368. The molecule has 5 aromatic rings. The van der Waals surface area contributed by atoms with Gasteiger partial charge >= 0.3 is 12.1 Å². The second kappa shape index (κ2) is 16.7. The molecule has 4 aliphatic heterocycles. The molecule has 3 fully saturated rings. The van der Waals surface area contributed by atoms with Gasteiger partial charge in [-0.1, -0.05) is 97.9 Å². The first-order valence-electron chi connectivity index (χ1n) is 21.3. The monoisotopic (exact) mass is 876 g/mol. The van der Waals surface area contributed by atoms with Crippen molar-refractivity contribution in [3.8, 4) is 6.01 Å². The highest BCUT2D eigenvalue weighted by molar-refractivity contribution is 9.10. The molecule has 0 N–H and O–H groups in total. The minimum atomic E-state index is -0.585. The quantitative estimate of drug-likeness (QED) is 0.128. The lowest BCUT2D eigenvalue weighted by molar-refractivity contribution is 0.0209. The SMILES string of the molecule is C[C@@H](COc1nc(N2C3CCC2CN(C(=O)OC(C)(C)C)C3)c2c3c(c(Br)c(F)c2n1)COC3)CN1CCN(C(c2ccccc2)(c2ccccc2)c2ccccc2)CC1. The van der Waals surface area contributed by atoms with E-state index in [2.05, 4.69) is 129 Å². The number of benzene rings is 4. The van der Waals surface area contributed by atoms with Gasteiger partial charge in [0.2, 0.25) is 0 Å². The zero-order valence-electron chi connectivity index (χ0n) is 34.9. The number of fused-ring (bicyclic) bond motifs is 5. The number of anilines is 1. The van der Waals surface area contributed by atoms with E-state index in [4.69, 9.17) is 24.2 Å². The van der Waals surface area contributed by atoms with Crippen molar-refractivity contribution in [2.45, 2.75) is 77.0 Å². The molecule has 10 nitrogen and oxygen atoms in total. The van der Waals surface area contributed by atoms with Gasteiger partial charge in [0.1, 0.15) is 16.9 Å². The number of amides is 1. The Hall–Kier alpha value is -4.62. The lowest BCUT2D eigenvalue weighted by Crippen LogP contribution is -2.57. The Bertz CT molecular complexity index is 2210. The first-order valence-corrected chi connectivity index (χ1v) is 22.1. The maximum Gasteiger partial charge on any atom is 0.410 e. The third-order valence-electron chi connectivity index (χ3n) is 12.6. The maximum absolute atomic E-state index is 16.3. The van der Waals surface area contributed by atoms with Gasteiger partial charge in [0, 0.05) is 69.4 Å². The second-order valence-electron chi connectivity index (χ2n) is 17.8. The highest BCUT2D eigenvalue weighted by Gasteiger charge is 2.46.